The number of benzene rings is 2. The van der Waals surface area contributed by atoms with Crippen LogP contribution in [0.15, 0.2) is 48.5 Å². The summed E-state index contributed by atoms with van der Waals surface area (Å²) in [7, 11) is 0. The van der Waals surface area contributed by atoms with E-state index in [9.17, 15) is 9.59 Å². The molecule has 1 atom stereocenters. The van der Waals surface area contributed by atoms with Gasteiger partial charge >= 0.3 is 0 Å². The van der Waals surface area contributed by atoms with E-state index in [1.54, 1.807) is 0 Å². The lowest BCUT2D eigenvalue weighted by molar-refractivity contribution is -0.115. The molecule has 2 aromatic carbocycles. The molecular weight excluding hydrogens is 354 g/mol. The van der Waals surface area contributed by atoms with E-state index in [0.717, 1.165) is 49.6 Å². The fourth-order valence-electron chi connectivity index (χ4n) is 3.35. The number of rotatable bonds is 7. The van der Waals surface area contributed by atoms with Crippen LogP contribution in [0.4, 0.5) is 11.4 Å². The normalized spacial score (nSPS) is 16.6. The number of likely N-dealkylation sites (tertiary alicyclic amines) is 1. The molecule has 1 aliphatic heterocycles. The third-order valence-electron chi connectivity index (χ3n) is 4.70. The molecule has 2 aromatic rings. The van der Waals surface area contributed by atoms with Crippen LogP contribution in [-0.2, 0) is 16.0 Å². The van der Waals surface area contributed by atoms with Gasteiger partial charge in [0.25, 0.3) is 0 Å². The van der Waals surface area contributed by atoms with Gasteiger partial charge in [0.05, 0.1) is 0 Å². The van der Waals surface area contributed by atoms with Crippen LogP contribution in [0.5, 0.6) is 5.75 Å². The van der Waals surface area contributed by atoms with Gasteiger partial charge in [-0.2, -0.15) is 0 Å². The van der Waals surface area contributed by atoms with Gasteiger partial charge in [-0.25, -0.2) is 0 Å². The van der Waals surface area contributed by atoms with Crippen molar-refractivity contribution >= 4 is 23.2 Å². The Morgan fingerprint density at radius 1 is 0.964 bits per heavy atom. The van der Waals surface area contributed by atoms with Gasteiger partial charge in [-0.3, -0.25) is 14.5 Å². The SMILES string of the molecule is CC(=O)Nc1ccc(CCN2CCC(Oc3ccc(NC(C)=O)cc3)C2)cc1. The standard InChI is InChI=1S/C22H27N3O3/c1-16(26)23-19-5-3-18(4-6-19)11-13-25-14-12-22(15-25)28-21-9-7-20(8-10-21)24-17(2)27/h3-10,22H,11-15H2,1-2H3,(H,23,26)(H,24,27). The van der Waals surface area contributed by atoms with Crippen LogP contribution in [0.2, 0.25) is 0 Å². The van der Waals surface area contributed by atoms with Crippen molar-refractivity contribution in [2.75, 3.05) is 30.3 Å². The van der Waals surface area contributed by atoms with Crippen LogP contribution in [0.3, 0.4) is 0 Å². The maximum absolute atomic E-state index is 11.1. The van der Waals surface area contributed by atoms with Gasteiger partial charge in [-0.1, -0.05) is 12.1 Å². The zero-order valence-corrected chi connectivity index (χ0v) is 16.4. The van der Waals surface area contributed by atoms with Crippen molar-refractivity contribution in [1.82, 2.24) is 4.90 Å². The number of hydrogen-bond donors (Lipinski definition) is 2. The van der Waals surface area contributed by atoms with Gasteiger partial charge in [-0.05, 0) is 54.8 Å². The summed E-state index contributed by atoms with van der Waals surface area (Å²) in [6.07, 6.45) is 2.17. The zero-order valence-electron chi connectivity index (χ0n) is 16.4. The molecule has 3 rings (SSSR count). The molecule has 1 unspecified atom stereocenters. The van der Waals surface area contributed by atoms with Gasteiger partial charge < -0.3 is 15.4 Å². The van der Waals surface area contributed by atoms with Crippen molar-refractivity contribution in [3.05, 3.63) is 54.1 Å². The molecule has 1 aliphatic rings. The Kier molecular flexibility index (Phi) is 6.66. The molecule has 28 heavy (non-hydrogen) atoms. The fourth-order valence-corrected chi connectivity index (χ4v) is 3.35. The van der Waals surface area contributed by atoms with E-state index in [-0.39, 0.29) is 17.9 Å². The van der Waals surface area contributed by atoms with Crippen LogP contribution in [0.25, 0.3) is 0 Å². The van der Waals surface area contributed by atoms with E-state index < -0.39 is 0 Å². The largest absolute Gasteiger partial charge is 0.489 e. The van der Waals surface area contributed by atoms with E-state index in [0.29, 0.717) is 0 Å². The van der Waals surface area contributed by atoms with Gasteiger partial charge in [0.1, 0.15) is 11.9 Å². The highest BCUT2D eigenvalue weighted by Crippen LogP contribution is 2.21. The Bertz CT molecular complexity index is 803. The smallest absolute Gasteiger partial charge is 0.221 e. The van der Waals surface area contributed by atoms with Crippen molar-refractivity contribution in [3.63, 3.8) is 0 Å². The Hall–Kier alpha value is -2.86. The van der Waals surface area contributed by atoms with Crippen LogP contribution >= 0.6 is 0 Å². The van der Waals surface area contributed by atoms with Crippen molar-refractivity contribution in [2.24, 2.45) is 0 Å². The Labute approximate surface area is 165 Å². The van der Waals surface area contributed by atoms with Gasteiger partial charge in [-0.15, -0.1) is 0 Å². The van der Waals surface area contributed by atoms with Crippen molar-refractivity contribution < 1.29 is 14.3 Å². The number of nitrogens with zero attached hydrogens (tertiary/aromatic N) is 1. The summed E-state index contributed by atoms with van der Waals surface area (Å²) in [5.41, 5.74) is 2.86. The molecule has 0 radical (unpaired) electrons. The quantitative estimate of drug-likeness (QED) is 0.772. The van der Waals surface area contributed by atoms with Crippen LogP contribution in [-0.4, -0.2) is 42.5 Å². The van der Waals surface area contributed by atoms with E-state index in [2.05, 4.69) is 27.7 Å². The number of ether oxygens (including phenoxy) is 1. The maximum Gasteiger partial charge on any atom is 0.221 e. The van der Waals surface area contributed by atoms with Crippen molar-refractivity contribution in [2.45, 2.75) is 32.8 Å². The predicted molar refractivity (Wildman–Crippen MR) is 111 cm³/mol. The minimum Gasteiger partial charge on any atom is -0.489 e. The Morgan fingerprint density at radius 2 is 1.54 bits per heavy atom. The second-order valence-electron chi connectivity index (χ2n) is 7.16. The van der Waals surface area contributed by atoms with E-state index in [1.807, 2.05) is 36.4 Å². The van der Waals surface area contributed by atoms with Crippen LogP contribution < -0.4 is 15.4 Å². The first-order chi connectivity index (χ1) is 13.5. The molecule has 0 aromatic heterocycles. The second kappa shape index (κ2) is 9.37. The number of amides is 2. The molecule has 1 heterocycles. The average Bonchev–Trinajstić information content (AvgIpc) is 3.09. The molecule has 0 spiro atoms. The lowest BCUT2D eigenvalue weighted by Crippen LogP contribution is -2.26. The molecule has 148 valence electrons. The highest BCUT2D eigenvalue weighted by atomic mass is 16.5. The number of anilines is 2. The first-order valence-electron chi connectivity index (χ1n) is 9.61. The monoisotopic (exact) mass is 381 g/mol. The third-order valence-corrected chi connectivity index (χ3v) is 4.70. The van der Waals surface area contributed by atoms with Gasteiger partial charge in [0.15, 0.2) is 0 Å². The van der Waals surface area contributed by atoms with Crippen LogP contribution in [0, 0.1) is 0 Å². The zero-order chi connectivity index (χ0) is 19.9. The fraction of sp³-hybridized carbons (Fsp3) is 0.364. The molecule has 2 N–H and O–H groups in total. The van der Waals surface area contributed by atoms with Crippen LogP contribution in [0.1, 0.15) is 25.8 Å². The Morgan fingerprint density at radius 3 is 2.11 bits per heavy atom. The average molecular weight is 381 g/mol. The number of nitrogens with one attached hydrogen (secondary N) is 2. The lowest BCUT2D eigenvalue weighted by atomic mass is 10.1. The molecule has 6 heteroatoms. The number of carbonyl (C=O) groups excluding carboxylic acids is 2. The van der Waals surface area contributed by atoms with E-state index in [1.165, 1.54) is 19.4 Å². The molecule has 2 amide bonds. The number of hydrogen-bond acceptors (Lipinski definition) is 4. The summed E-state index contributed by atoms with van der Waals surface area (Å²) in [6.45, 7) is 5.93. The molecule has 1 fully saturated rings. The molecule has 6 nitrogen and oxygen atoms in total. The minimum atomic E-state index is -0.0788. The highest BCUT2D eigenvalue weighted by Gasteiger charge is 2.23. The van der Waals surface area contributed by atoms with Crippen molar-refractivity contribution in [1.29, 1.82) is 0 Å². The molecule has 1 saturated heterocycles. The summed E-state index contributed by atoms with van der Waals surface area (Å²) < 4.78 is 6.08. The van der Waals surface area contributed by atoms with Gasteiger partial charge in [0, 0.05) is 44.9 Å². The lowest BCUT2D eigenvalue weighted by Gasteiger charge is -2.17. The Balaban J connectivity index is 1.42. The predicted octanol–water partition coefficient (Wildman–Crippen LogP) is 3.30. The summed E-state index contributed by atoms with van der Waals surface area (Å²) >= 11 is 0. The minimum absolute atomic E-state index is 0.0550. The maximum atomic E-state index is 11.1. The highest BCUT2D eigenvalue weighted by molar-refractivity contribution is 5.89. The summed E-state index contributed by atoms with van der Waals surface area (Å²) in [5.74, 6) is 0.694. The van der Waals surface area contributed by atoms with Gasteiger partial charge in [0.2, 0.25) is 11.8 Å². The summed E-state index contributed by atoms with van der Waals surface area (Å²) in [5, 5.41) is 5.54. The molecule has 0 saturated carbocycles. The molecular formula is C22H27N3O3. The van der Waals surface area contributed by atoms with Crippen molar-refractivity contribution in [3.8, 4) is 5.75 Å². The first-order valence-corrected chi connectivity index (χ1v) is 9.61. The third kappa shape index (κ3) is 6.09. The molecule has 0 aliphatic carbocycles. The second-order valence-corrected chi connectivity index (χ2v) is 7.16. The topological polar surface area (TPSA) is 70.7 Å². The summed E-state index contributed by atoms with van der Waals surface area (Å²) in [6, 6.07) is 15.5. The first kappa shape index (κ1) is 19.9. The summed E-state index contributed by atoms with van der Waals surface area (Å²) in [4.78, 5) is 24.6. The molecule has 0 bridgehead atoms. The van der Waals surface area contributed by atoms with E-state index >= 15 is 0 Å². The van der Waals surface area contributed by atoms with E-state index in [4.69, 9.17) is 4.74 Å². The number of carbonyl (C=O) groups is 2.